The molecule has 0 unspecified atom stereocenters. The Hall–Kier alpha value is -2.52. The first-order chi connectivity index (χ1) is 8.17. The lowest BCUT2D eigenvalue weighted by Crippen LogP contribution is -1.79. The van der Waals surface area contributed by atoms with Crippen LogP contribution in [0.2, 0.25) is 0 Å². The number of hydrogen-bond acceptors (Lipinski definition) is 2. The first kappa shape index (κ1) is 11.0. The van der Waals surface area contributed by atoms with Crippen LogP contribution in [-0.4, -0.2) is 4.98 Å². The van der Waals surface area contributed by atoms with Crippen LogP contribution < -0.4 is 0 Å². The number of rotatable bonds is 1. The van der Waals surface area contributed by atoms with Gasteiger partial charge in [0, 0.05) is 16.6 Å². The predicted octanol–water partition coefficient (Wildman–Crippen LogP) is 3.22. The summed E-state index contributed by atoms with van der Waals surface area (Å²) >= 11 is 0. The van der Waals surface area contributed by atoms with Crippen LogP contribution in [0.4, 0.5) is 0 Å². The van der Waals surface area contributed by atoms with E-state index < -0.39 is 0 Å². The van der Waals surface area contributed by atoms with Crippen LogP contribution in [0.15, 0.2) is 23.8 Å². The number of benzene rings is 1. The molecule has 0 aliphatic heterocycles. The highest BCUT2D eigenvalue weighted by Crippen LogP contribution is 2.25. The Morgan fingerprint density at radius 2 is 1.94 bits per heavy atom. The number of aromatic amines is 1. The fourth-order valence-electron chi connectivity index (χ4n) is 1.87. The van der Waals surface area contributed by atoms with Gasteiger partial charge in [0.2, 0.25) is 0 Å². The molecule has 0 amide bonds. The molecular formula is C14H11N3. The molecule has 3 heteroatoms. The smallest absolute Gasteiger partial charge is 0.130 e. The third-order valence-corrected chi connectivity index (χ3v) is 2.92. The molecule has 0 spiro atoms. The monoisotopic (exact) mass is 221 g/mol. The van der Waals surface area contributed by atoms with Crippen LogP contribution in [0, 0.1) is 36.5 Å². The number of nitrogens with zero attached hydrogens (tertiary/aromatic N) is 2. The van der Waals surface area contributed by atoms with E-state index in [0.29, 0.717) is 0 Å². The summed E-state index contributed by atoms with van der Waals surface area (Å²) in [5.74, 6) is 0. The topological polar surface area (TPSA) is 63.4 Å². The lowest BCUT2D eigenvalue weighted by molar-refractivity contribution is 1.25. The number of nitrogens with one attached hydrogen (secondary N) is 1. The number of H-pyrrole nitrogens is 1. The molecule has 1 aromatic heterocycles. The Labute approximate surface area is 99.6 Å². The van der Waals surface area contributed by atoms with Crippen LogP contribution in [0.5, 0.6) is 0 Å². The highest BCUT2D eigenvalue weighted by atomic mass is 14.7. The van der Waals surface area contributed by atoms with E-state index in [2.05, 4.69) is 11.9 Å². The SMILES string of the molecule is Cc1[nH]c2c(C=C(C#N)C#N)cccc2c1C. The maximum atomic E-state index is 8.77. The quantitative estimate of drug-likeness (QED) is 0.751. The highest BCUT2D eigenvalue weighted by molar-refractivity contribution is 5.92. The fourth-order valence-corrected chi connectivity index (χ4v) is 1.87. The number of hydrogen-bond donors (Lipinski definition) is 1. The highest BCUT2D eigenvalue weighted by Gasteiger charge is 2.07. The van der Waals surface area contributed by atoms with E-state index in [1.54, 1.807) is 6.08 Å². The van der Waals surface area contributed by atoms with Crippen molar-refractivity contribution in [3.63, 3.8) is 0 Å². The summed E-state index contributed by atoms with van der Waals surface area (Å²) < 4.78 is 0. The summed E-state index contributed by atoms with van der Waals surface area (Å²) in [5, 5.41) is 18.7. The molecule has 0 atom stereocenters. The van der Waals surface area contributed by atoms with Gasteiger partial charge in [-0.1, -0.05) is 18.2 Å². The van der Waals surface area contributed by atoms with Gasteiger partial charge in [0.05, 0.1) is 5.52 Å². The fraction of sp³-hybridized carbons (Fsp3) is 0.143. The van der Waals surface area contributed by atoms with E-state index in [9.17, 15) is 0 Å². The molecule has 2 rings (SSSR count). The minimum absolute atomic E-state index is 0.113. The van der Waals surface area contributed by atoms with Gasteiger partial charge in [0.15, 0.2) is 0 Å². The second kappa shape index (κ2) is 4.15. The Morgan fingerprint density at radius 1 is 1.24 bits per heavy atom. The van der Waals surface area contributed by atoms with Gasteiger partial charge in [0.1, 0.15) is 17.7 Å². The molecule has 0 aliphatic rings. The largest absolute Gasteiger partial charge is 0.358 e. The summed E-state index contributed by atoms with van der Waals surface area (Å²) in [6, 6.07) is 9.60. The van der Waals surface area contributed by atoms with Crippen molar-refractivity contribution >= 4 is 17.0 Å². The maximum absolute atomic E-state index is 8.77. The van der Waals surface area contributed by atoms with Crippen molar-refractivity contribution in [3.8, 4) is 12.1 Å². The van der Waals surface area contributed by atoms with E-state index in [-0.39, 0.29) is 5.57 Å². The van der Waals surface area contributed by atoms with Crippen molar-refractivity contribution in [2.75, 3.05) is 0 Å². The number of aryl methyl sites for hydroxylation is 2. The molecule has 0 bridgehead atoms. The first-order valence-electron chi connectivity index (χ1n) is 5.27. The molecule has 0 saturated carbocycles. The molecule has 0 radical (unpaired) electrons. The minimum Gasteiger partial charge on any atom is -0.358 e. The number of para-hydroxylation sites is 1. The molecular weight excluding hydrogens is 210 g/mol. The average molecular weight is 221 g/mol. The number of nitriles is 2. The third kappa shape index (κ3) is 1.79. The Bertz CT molecular complexity index is 675. The van der Waals surface area contributed by atoms with Crippen molar-refractivity contribution in [1.82, 2.24) is 4.98 Å². The Balaban J connectivity index is 2.73. The lowest BCUT2D eigenvalue weighted by atomic mass is 10.1. The number of fused-ring (bicyclic) bond motifs is 1. The van der Waals surface area contributed by atoms with E-state index in [1.165, 1.54) is 5.56 Å². The molecule has 82 valence electrons. The Kier molecular flexibility index (Phi) is 2.68. The van der Waals surface area contributed by atoms with Gasteiger partial charge in [-0.2, -0.15) is 10.5 Å². The zero-order valence-corrected chi connectivity index (χ0v) is 9.70. The molecule has 0 saturated heterocycles. The second-order valence-corrected chi connectivity index (χ2v) is 3.93. The van der Waals surface area contributed by atoms with Gasteiger partial charge in [-0.3, -0.25) is 0 Å². The molecule has 1 aromatic carbocycles. The van der Waals surface area contributed by atoms with Gasteiger partial charge in [0.25, 0.3) is 0 Å². The van der Waals surface area contributed by atoms with Crippen LogP contribution in [-0.2, 0) is 0 Å². The van der Waals surface area contributed by atoms with Crippen molar-refractivity contribution in [2.45, 2.75) is 13.8 Å². The minimum atomic E-state index is 0.113. The molecule has 0 aliphatic carbocycles. The molecule has 2 aromatic rings. The van der Waals surface area contributed by atoms with Crippen molar-refractivity contribution in [2.24, 2.45) is 0 Å². The normalized spacial score (nSPS) is 9.65. The standard InChI is InChI=1S/C14H11N3/c1-9-10(2)17-14-12(4-3-5-13(9)14)6-11(7-15)8-16/h3-6,17H,1-2H3. The predicted molar refractivity (Wildman–Crippen MR) is 67.0 cm³/mol. The maximum Gasteiger partial charge on any atom is 0.130 e. The van der Waals surface area contributed by atoms with Gasteiger partial charge < -0.3 is 4.98 Å². The van der Waals surface area contributed by atoms with Gasteiger partial charge in [-0.25, -0.2) is 0 Å². The van der Waals surface area contributed by atoms with Crippen LogP contribution in [0.1, 0.15) is 16.8 Å². The van der Waals surface area contributed by atoms with E-state index in [1.807, 2.05) is 37.3 Å². The van der Waals surface area contributed by atoms with Crippen molar-refractivity contribution in [3.05, 3.63) is 40.6 Å². The summed E-state index contributed by atoms with van der Waals surface area (Å²) in [6.07, 6.45) is 1.61. The second-order valence-electron chi connectivity index (χ2n) is 3.93. The van der Waals surface area contributed by atoms with Crippen molar-refractivity contribution in [1.29, 1.82) is 10.5 Å². The molecule has 3 nitrogen and oxygen atoms in total. The van der Waals surface area contributed by atoms with Crippen LogP contribution in [0.25, 0.3) is 17.0 Å². The van der Waals surface area contributed by atoms with Gasteiger partial charge in [-0.15, -0.1) is 0 Å². The molecule has 0 fully saturated rings. The zero-order chi connectivity index (χ0) is 12.4. The lowest BCUT2D eigenvalue weighted by Gasteiger charge is -1.96. The first-order valence-corrected chi connectivity index (χ1v) is 5.27. The van der Waals surface area contributed by atoms with E-state index in [0.717, 1.165) is 22.2 Å². The summed E-state index contributed by atoms with van der Waals surface area (Å²) in [6.45, 7) is 4.06. The van der Waals surface area contributed by atoms with E-state index in [4.69, 9.17) is 10.5 Å². The summed E-state index contributed by atoms with van der Waals surface area (Å²) in [7, 11) is 0. The van der Waals surface area contributed by atoms with Gasteiger partial charge >= 0.3 is 0 Å². The van der Waals surface area contributed by atoms with Gasteiger partial charge in [-0.05, 0) is 25.5 Å². The van der Waals surface area contributed by atoms with E-state index >= 15 is 0 Å². The molecule has 1 N–H and O–H groups in total. The average Bonchev–Trinajstić information content (AvgIpc) is 2.64. The van der Waals surface area contributed by atoms with Crippen LogP contribution in [0.3, 0.4) is 0 Å². The Morgan fingerprint density at radius 3 is 2.59 bits per heavy atom. The third-order valence-electron chi connectivity index (χ3n) is 2.92. The zero-order valence-electron chi connectivity index (χ0n) is 9.70. The van der Waals surface area contributed by atoms with Crippen LogP contribution >= 0.6 is 0 Å². The van der Waals surface area contributed by atoms with Crippen molar-refractivity contribution < 1.29 is 0 Å². The molecule has 17 heavy (non-hydrogen) atoms. The molecule has 1 heterocycles. The summed E-state index contributed by atoms with van der Waals surface area (Å²) in [4.78, 5) is 3.29. The number of allylic oxidation sites excluding steroid dienone is 1. The number of aromatic nitrogens is 1. The summed E-state index contributed by atoms with van der Waals surface area (Å²) in [5.41, 5.74) is 4.27.